The van der Waals surface area contributed by atoms with E-state index in [0.717, 1.165) is 25.7 Å². The van der Waals surface area contributed by atoms with E-state index >= 15 is 0 Å². The lowest BCUT2D eigenvalue weighted by Crippen LogP contribution is -2.43. The highest BCUT2D eigenvalue weighted by molar-refractivity contribution is 5.21. The molecule has 0 amide bonds. The van der Waals surface area contributed by atoms with Gasteiger partial charge in [-0.25, -0.2) is 9.78 Å². The first kappa shape index (κ1) is 13.1. The molecule has 0 radical (unpaired) electrons. The van der Waals surface area contributed by atoms with Crippen molar-refractivity contribution in [3.05, 3.63) is 35.4 Å². The summed E-state index contributed by atoms with van der Waals surface area (Å²) in [6.07, 6.45) is 6.31. The fourth-order valence-corrected chi connectivity index (χ4v) is 2.81. The van der Waals surface area contributed by atoms with Crippen molar-refractivity contribution in [3.63, 3.8) is 0 Å². The average Bonchev–Trinajstić information content (AvgIpc) is 2.89. The molecule has 1 aromatic rings. The lowest BCUT2D eigenvalue weighted by Gasteiger charge is -2.35. The Labute approximate surface area is 114 Å². The Morgan fingerprint density at radius 2 is 1.89 bits per heavy atom. The van der Waals surface area contributed by atoms with Crippen LogP contribution in [-0.2, 0) is 20.9 Å². The lowest BCUT2D eigenvalue weighted by molar-refractivity contribution is -0.484. The zero-order chi connectivity index (χ0) is 13.1. The fourth-order valence-electron chi connectivity index (χ4n) is 2.81. The van der Waals surface area contributed by atoms with Gasteiger partial charge in [0.05, 0.1) is 6.61 Å². The van der Waals surface area contributed by atoms with Crippen LogP contribution >= 0.6 is 0 Å². The molecule has 1 unspecified atom stereocenters. The van der Waals surface area contributed by atoms with Gasteiger partial charge < -0.3 is 4.74 Å². The number of ether oxygens (including phenoxy) is 1. The van der Waals surface area contributed by atoms with Crippen molar-refractivity contribution in [3.8, 4) is 0 Å². The van der Waals surface area contributed by atoms with E-state index in [9.17, 15) is 0 Å². The third-order valence-electron chi connectivity index (χ3n) is 4.11. The zero-order valence-corrected chi connectivity index (χ0v) is 11.6. The summed E-state index contributed by atoms with van der Waals surface area (Å²) in [4.78, 5) is 11.1. The van der Waals surface area contributed by atoms with Crippen LogP contribution in [0.2, 0.25) is 0 Å². The van der Waals surface area contributed by atoms with Gasteiger partial charge in [0.2, 0.25) is 5.79 Å². The van der Waals surface area contributed by atoms with Crippen LogP contribution in [0.5, 0.6) is 0 Å². The highest BCUT2D eigenvalue weighted by Crippen LogP contribution is 2.37. The van der Waals surface area contributed by atoms with E-state index in [0.29, 0.717) is 6.61 Å². The van der Waals surface area contributed by atoms with Crippen LogP contribution < -0.4 is 0 Å². The molecule has 3 nitrogen and oxygen atoms in total. The van der Waals surface area contributed by atoms with E-state index in [4.69, 9.17) is 14.5 Å². The molecule has 0 N–H and O–H groups in total. The maximum atomic E-state index is 5.90. The smallest absolute Gasteiger partial charge is 0.201 e. The predicted octanol–water partition coefficient (Wildman–Crippen LogP) is 3.54. The minimum absolute atomic E-state index is 0.0625. The van der Waals surface area contributed by atoms with E-state index in [2.05, 4.69) is 31.2 Å². The Bertz CT molecular complexity index is 397. The SMILES string of the molecule is Cc1ccc(CCC2COC3(CCCC3)OO2)cc1. The number of rotatable bonds is 3. The van der Waals surface area contributed by atoms with E-state index in [1.165, 1.54) is 24.0 Å². The first-order chi connectivity index (χ1) is 9.26. The molecule has 3 rings (SSSR count). The molecule has 0 bridgehead atoms. The highest BCUT2D eigenvalue weighted by Gasteiger charge is 2.41. The summed E-state index contributed by atoms with van der Waals surface area (Å²) < 4.78 is 5.90. The van der Waals surface area contributed by atoms with Crippen LogP contribution in [0, 0.1) is 6.92 Å². The average molecular weight is 262 g/mol. The topological polar surface area (TPSA) is 27.7 Å². The summed E-state index contributed by atoms with van der Waals surface area (Å²) in [6.45, 7) is 2.77. The molecule has 1 spiro atoms. The summed E-state index contributed by atoms with van der Waals surface area (Å²) in [6, 6.07) is 8.66. The molecule has 1 saturated carbocycles. The van der Waals surface area contributed by atoms with Gasteiger partial charge in [0.15, 0.2) is 0 Å². The van der Waals surface area contributed by atoms with Gasteiger partial charge in [-0.15, -0.1) is 0 Å². The third-order valence-corrected chi connectivity index (χ3v) is 4.11. The highest BCUT2D eigenvalue weighted by atomic mass is 17.2. The monoisotopic (exact) mass is 262 g/mol. The minimum Gasteiger partial charge on any atom is -0.344 e. The molecule has 2 fully saturated rings. The summed E-state index contributed by atoms with van der Waals surface area (Å²) in [5.74, 6) is -0.416. The van der Waals surface area contributed by atoms with Crippen LogP contribution in [0.25, 0.3) is 0 Å². The Morgan fingerprint density at radius 3 is 2.53 bits per heavy atom. The van der Waals surface area contributed by atoms with Crippen molar-refractivity contribution >= 4 is 0 Å². The van der Waals surface area contributed by atoms with Crippen LogP contribution in [0.3, 0.4) is 0 Å². The molecule has 19 heavy (non-hydrogen) atoms. The van der Waals surface area contributed by atoms with Crippen molar-refractivity contribution in [1.29, 1.82) is 0 Å². The Hall–Kier alpha value is -0.900. The van der Waals surface area contributed by atoms with Crippen LogP contribution in [0.1, 0.15) is 43.2 Å². The molecular formula is C16H22O3. The van der Waals surface area contributed by atoms with Gasteiger partial charge in [-0.1, -0.05) is 29.8 Å². The first-order valence-electron chi connectivity index (χ1n) is 7.30. The largest absolute Gasteiger partial charge is 0.344 e. The number of hydrogen-bond acceptors (Lipinski definition) is 3. The molecule has 1 aliphatic heterocycles. The molecule has 3 heteroatoms. The van der Waals surface area contributed by atoms with Crippen molar-refractivity contribution in [1.82, 2.24) is 0 Å². The van der Waals surface area contributed by atoms with Crippen LogP contribution in [-0.4, -0.2) is 18.5 Å². The standard InChI is InChI=1S/C16H22O3/c1-13-4-6-14(7-5-13)8-9-15-12-17-16(19-18-15)10-2-3-11-16/h4-7,15H,2-3,8-12H2,1H3. The summed E-state index contributed by atoms with van der Waals surface area (Å²) in [5.41, 5.74) is 2.64. The summed E-state index contributed by atoms with van der Waals surface area (Å²) in [7, 11) is 0. The number of aryl methyl sites for hydroxylation is 2. The predicted molar refractivity (Wildman–Crippen MR) is 72.6 cm³/mol. The van der Waals surface area contributed by atoms with Crippen molar-refractivity contribution in [2.75, 3.05) is 6.61 Å². The van der Waals surface area contributed by atoms with E-state index < -0.39 is 5.79 Å². The summed E-state index contributed by atoms with van der Waals surface area (Å²) in [5, 5.41) is 0. The first-order valence-corrected chi connectivity index (χ1v) is 7.30. The Balaban J connectivity index is 1.46. The third kappa shape index (κ3) is 3.16. The molecule has 2 aliphatic rings. The molecule has 1 heterocycles. The van der Waals surface area contributed by atoms with Crippen molar-refractivity contribution < 1.29 is 14.5 Å². The van der Waals surface area contributed by atoms with Gasteiger partial charge in [-0.2, -0.15) is 0 Å². The second kappa shape index (κ2) is 5.61. The molecule has 1 aromatic carbocycles. The lowest BCUT2D eigenvalue weighted by atomic mass is 10.1. The van der Waals surface area contributed by atoms with E-state index in [1.807, 2.05) is 0 Å². The maximum Gasteiger partial charge on any atom is 0.201 e. The van der Waals surface area contributed by atoms with Crippen molar-refractivity contribution in [2.24, 2.45) is 0 Å². The Kier molecular flexibility index (Phi) is 3.87. The maximum absolute atomic E-state index is 5.90. The fraction of sp³-hybridized carbons (Fsp3) is 0.625. The van der Waals surface area contributed by atoms with Gasteiger partial charge in [0.1, 0.15) is 6.10 Å². The summed E-state index contributed by atoms with van der Waals surface area (Å²) >= 11 is 0. The van der Waals surface area contributed by atoms with Gasteiger partial charge >= 0.3 is 0 Å². The van der Waals surface area contributed by atoms with Crippen molar-refractivity contribution in [2.45, 2.75) is 57.3 Å². The quantitative estimate of drug-likeness (QED) is 0.780. The van der Waals surface area contributed by atoms with Gasteiger partial charge in [0, 0.05) is 12.8 Å². The van der Waals surface area contributed by atoms with Gasteiger partial charge in [-0.05, 0) is 38.2 Å². The molecule has 1 atom stereocenters. The minimum atomic E-state index is -0.416. The normalized spacial score (nSPS) is 25.8. The number of hydrogen-bond donors (Lipinski definition) is 0. The molecule has 0 aromatic heterocycles. The molecule has 1 saturated heterocycles. The molecule has 104 valence electrons. The van der Waals surface area contributed by atoms with E-state index in [1.54, 1.807) is 0 Å². The Morgan fingerprint density at radius 1 is 1.16 bits per heavy atom. The molecule has 1 aliphatic carbocycles. The zero-order valence-electron chi connectivity index (χ0n) is 11.6. The van der Waals surface area contributed by atoms with Gasteiger partial charge in [-0.3, -0.25) is 0 Å². The molecular weight excluding hydrogens is 240 g/mol. The number of benzene rings is 1. The second-order valence-corrected chi connectivity index (χ2v) is 5.75. The van der Waals surface area contributed by atoms with E-state index in [-0.39, 0.29) is 6.10 Å². The second-order valence-electron chi connectivity index (χ2n) is 5.75. The van der Waals surface area contributed by atoms with Crippen LogP contribution in [0.4, 0.5) is 0 Å². The van der Waals surface area contributed by atoms with Gasteiger partial charge in [0.25, 0.3) is 0 Å². The van der Waals surface area contributed by atoms with Crippen LogP contribution in [0.15, 0.2) is 24.3 Å².